The second-order valence-electron chi connectivity index (χ2n) is 4.39. The van der Waals surface area contributed by atoms with E-state index >= 15 is 0 Å². The van der Waals surface area contributed by atoms with Crippen molar-refractivity contribution >= 4 is 17.2 Å². The third-order valence-electron chi connectivity index (χ3n) is 3.08. The van der Waals surface area contributed by atoms with Crippen LogP contribution in [0.5, 0.6) is 5.88 Å². The van der Waals surface area contributed by atoms with Crippen molar-refractivity contribution in [3.05, 3.63) is 18.1 Å². The molecule has 1 saturated carbocycles. The fourth-order valence-electron chi connectivity index (χ4n) is 2.15. The maximum absolute atomic E-state index is 5.70. The molecule has 0 amide bonds. The highest BCUT2D eigenvalue weighted by Crippen LogP contribution is 2.24. The second kappa shape index (κ2) is 5.91. The Labute approximate surface area is 107 Å². The minimum absolute atomic E-state index is 0.233. The standard InChI is InChI=1S/C12H17N3OS/c13-11(17)10-12(15-7-6-14-10)16-8-9-4-2-1-3-5-9/h6-7,9H,1-5,8H2,(H2,13,17). The lowest BCUT2D eigenvalue weighted by atomic mass is 9.90. The van der Waals surface area contributed by atoms with Crippen LogP contribution in [0.15, 0.2) is 12.4 Å². The van der Waals surface area contributed by atoms with Crippen molar-refractivity contribution in [1.82, 2.24) is 9.97 Å². The van der Waals surface area contributed by atoms with E-state index in [0.29, 0.717) is 24.1 Å². The Morgan fingerprint density at radius 2 is 2.00 bits per heavy atom. The molecule has 1 heterocycles. The topological polar surface area (TPSA) is 61.0 Å². The summed E-state index contributed by atoms with van der Waals surface area (Å²) in [5.74, 6) is 1.09. The van der Waals surface area contributed by atoms with Crippen LogP contribution in [-0.2, 0) is 0 Å². The van der Waals surface area contributed by atoms with Crippen molar-refractivity contribution in [3.8, 4) is 5.88 Å². The van der Waals surface area contributed by atoms with Crippen molar-refractivity contribution in [3.63, 3.8) is 0 Å². The van der Waals surface area contributed by atoms with Crippen LogP contribution in [0.25, 0.3) is 0 Å². The van der Waals surface area contributed by atoms with Gasteiger partial charge in [0.1, 0.15) is 4.99 Å². The summed E-state index contributed by atoms with van der Waals surface area (Å²) in [4.78, 5) is 8.45. The number of thiocarbonyl (C=S) groups is 1. The first-order valence-electron chi connectivity index (χ1n) is 6.01. The third kappa shape index (κ3) is 3.36. The van der Waals surface area contributed by atoms with Gasteiger partial charge in [-0.05, 0) is 18.8 Å². The van der Waals surface area contributed by atoms with E-state index in [1.807, 2.05) is 0 Å². The van der Waals surface area contributed by atoms with Crippen LogP contribution < -0.4 is 10.5 Å². The molecule has 0 aliphatic heterocycles. The van der Waals surface area contributed by atoms with E-state index in [0.717, 1.165) is 0 Å². The molecule has 1 aliphatic carbocycles. The lowest BCUT2D eigenvalue weighted by Gasteiger charge is -2.21. The molecule has 0 atom stereocenters. The van der Waals surface area contributed by atoms with Gasteiger partial charge < -0.3 is 10.5 Å². The molecule has 1 fully saturated rings. The van der Waals surface area contributed by atoms with Crippen molar-refractivity contribution in [2.24, 2.45) is 11.7 Å². The van der Waals surface area contributed by atoms with Crippen LogP contribution in [0.1, 0.15) is 37.8 Å². The first-order chi connectivity index (χ1) is 8.27. The van der Waals surface area contributed by atoms with Gasteiger partial charge in [0, 0.05) is 12.4 Å². The van der Waals surface area contributed by atoms with Crippen molar-refractivity contribution in [2.75, 3.05) is 6.61 Å². The van der Waals surface area contributed by atoms with E-state index in [4.69, 9.17) is 22.7 Å². The Balaban J connectivity index is 1.96. The largest absolute Gasteiger partial charge is 0.476 e. The maximum Gasteiger partial charge on any atom is 0.243 e. The molecule has 0 aromatic carbocycles. The molecule has 1 aromatic heterocycles. The minimum Gasteiger partial charge on any atom is -0.476 e. The van der Waals surface area contributed by atoms with Gasteiger partial charge in [0.05, 0.1) is 6.61 Å². The van der Waals surface area contributed by atoms with E-state index in [1.165, 1.54) is 32.1 Å². The normalized spacial score (nSPS) is 16.7. The third-order valence-corrected chi connectivity index (χ3v) is 3.27. The molecule has 2 rings (SSSR count). The molecule has 0 bridgehead atoms. The molecule has 0 spiro atoms. The number of ether oxygens (including phenoxy) is 1. The van der Waals surface area contributed by atoms with E-state index < -0.39 is 0 Å². The van der Waals surface area contributed by atoms with Crippen molar-refractivity contribution < 1.29 is 4.74 Å². The summed E-state index contributed by atoms with van der Waals surface area (Å²) in [5, 5.41) is 0. The highest BCUT2D eigenvalue weighted by Gasteiger charge is 2.16. The van der Waals surface area contributed by atoms with Gasteiger partial charge in [0.25, 0.3) is 0 Å². The van der Waals surface area contributed by atoms with Gasteiger partial charge in [-0.1, -0.05) is 31.5 Å². The van der Waals surface area contributed by atoms with Crippen LogP contribution in [0, 0.1) is 5.92 Å². The van der Waals surface area contributed by atoms with Crippen LogP contribution >= 0.6 is 12.2 Å². The molecule has 0 saturated heterocycles. The predicted octanol–water partition coefficient (Wildman–Crippen LogP) is 2.07. The highest BCUT2D eigenvalue weighted by molar-refractivity contribution is 7.80. The molecule has 0 radical (unpaired) electrons. The zero-order valence-electron chi connectivity index (χ0n) is 9.76. The number of aromatic nitrogens is 2. The number of rotatable bonds is 4. The van der Waals surface area contributed by atoms with Crippen molar-refractivity contribution in [1.29, 1.82) is 0 Å². The van der Waals surface area contributed by atoms with Crippen LogP contribution in [-0.4, -0.2) is 21.6 Å². The van der Waals surface area contributed by atoms with Gasteiger partial charge in [0.15, 0.2) is 5.69 Å². The Bertz CT molecular complexity index is 391. The Morgan fingerprint density at radius 3 is 2.71 bits per heavy atom. The first kappa shape index (κ1) is 12.2. The summed E-state index contributed by atoms with van der Waals surface area (Å²) < 4.78 is 5.70. The van der Waals surface area contributed by atoms with Crippen LogP contribution in [0.4, 0.5) is 0 Å². The van der Waals surface area contributed by atoms with Gasteiger partial charge in [-0.25, -0.2) is 9.97 Å². The average Bonchev–Trinajstić information content (AvgIpc) is 2.38. The molecule has 5 heteroatoms. The zero-order chi connectivity index (χ0) is 12.1. The lowest BCUT2D eigenvalue weighted by Crippen LogP contribution is -2.19. The first-order valence-corrected chi connectivity index (χ1v) is 6.42. The van der Waals surface area contributed by atoms with E-state index in [2.05, 4.69) is 9.97 Å². The summed E-state index contributed by atoms with van der Waals surface area (Å²) in [6.45, 7) is 0.689. The SMILES string of the molecule is NC(=S)c1nccnc1OCC1CCCCC1. The molecule has 1 aliphatic rings. The van der Waals surface area contributed by atoms with Crippen LogP contribution in [0.2, 0.25) is 0 Å². The number of hydrogen-bond acceptors (Lipinski definition) is 4. The average molecular weight is 251 g/mol. The second-order valence-corrected chi connectivity index (χ2v) is 4.83. The molecule has 1 aromatic rings. The molecular formula is C12H17N3OS. The van der Waals surface area contributed by atoms with Crippen LogP contribution in [0.3, 0.4) is 0 Å². The van der Waals surface area contributed by atoms with Crippen molar-refractivity contribution in [2.45, 2.75) is 32.1 Å². The Kier molecular flexibility index (Phi) is 4.25. The monoisotopic (exact) mass is 251 g/mol. The molecule has 17 heavy (non-hydrogen) atoms. The quantitative estimate of drug-likeness (QED) is 0.830. The zero-order valence-corrected chi connectivity index (χ0v) is 10.6. The van der Waals surface area contributed by atoms with Gasteiger partial charge in [-0.2, -0.15) is 0 Å². The molecular weight excluding hydrogens is 234 g/mol. The summed E-state index contributed by atoms with van der Waals surface area (Å²) in [6, 6.07) is 0. The summed E-state index contributed by atoms with van der Waals surface area (Å²) in [7, 11) is 0. The lowest BCUT2D eigenvalue weighted by molar-refractivity contribution is 0.202. The van der Waals surface area contributed by atoms with Gasteiger partial charge >= 0.3 is 0 Å². The summed E-state index contributed by atoms with van der Waals surface area (Å²) in [5.41, 5.74) is 6.06. The Hall–Kier alpha value is -1.23. The fraction of sp³-hybridized carbons (Fsp3) is 0.583. The number of nitrogens with two attached hydrogens (primary N) is 1. The van der Waals surface area contributed by atoms with Gasteiger partial charge in [0.2, 0.25) is 5.88 Å². The van der Waals surface area contributed by atoms with Gasteiger partial charge in [-0.15, -0.1) is 0 Å². The Morgan fingerprint density at radius 1 is 1.29 bits per heavy atom. The summed E-state index contributed by atoms with van der Waals surface area (Å²) >= 11 is 4.92. The molecule has 0 unspecified atom stereocenters. The summed E-state index contributed by atoms with van der Waals surface area (Å²) in [6.07, 6.45) is 9.60. The maximum atomic E-state index is 5.70. The predicted molar refractivity (Wildman–Crippen MR) is 70.0 cm³/mol. The van der Waals surface area contributed by atoms with E-state index in [9.17, 15) is 0 Å². The number of hydrogen-bond donors (Lipinski definition) is 1. The fourth-order valence-corrected chi connectivity index (χ4v) is 2.29. The smallest absolute Gasteiger partial charge is 0.243 e. The minimum atomic E-state index is 0.233. The number of nitrogens with zero attached hydrogens (tertiary/aromatic N) is 2. The molecule has 2 N–H and O–H groups in total. The van der Waals surface area contributed by atoms with E-state index in [-0.39, 0.29) is 4.99 Å². The highest BCUT2D eigenvalue weighted by atomic mass is 32.1. The molecule has 92 valence electrons. The van der Waals surface area contributed by atoms with E-state index in [1.54, 1.807) is 12.4 Å². The van der Waals surface area contributed by atoms with Gasteiger partial charge in [-0.3, -0.25) is 0 Å². The molecule has 4 nitrogen and oxygen atoms in total.